The van der Waals surface area contributed by atoms with E-state index in [1.54, 1.807) is 39.5 Å². The van der Waals surface area contributed by atoms with Gasteiger partial charge in [-0.3, -0.25) is 9.59 Å². The Hall–Kier alpha value is -2.71. The maximum absolute atomic E-state index is 13.0. The maximum Gasteiger partial charge on any atom is 0.255 e. The molecule has 32 heavy (non-hydrogen) atoms. The summed E-state index contributed by atoms with van der Waals surface area (Å²) in [6.07, 6.45) is 2.38. The number of piperidine rings is 1. The molecule has 2 aromatic carbocycles. The lowest BCUT2D eigenvalue weighted by atomic mass is 9.94. The van der Waals surface area contributed by atoms with Gasteiger partial charge in [-0.1, -0.05) is 19.9 Å². The summed E-state index contributed by atoms with van der Waals surface area (Å²) in [5.74, 6) is 0.419. The maximum atomic E-state index is 13.0. The van der Waals surface area contributed by atoms with Crippen LogP contribution in [0, 0.1) is 11.8 Å². The third-order valence-electron chi connectivity index (χ3n) is 6.08. The molecular formula is C24H29N3O4S. The zero-order chi connectivity index (χ0) is 22.9. The molecule has 0 aliphatic carbocycles. The van der Waals surface area contributed by atoms with E-state index in [4.69, 9.17) is 0 Å². The first-order chi connectivity index (χ1) is 15.2. The second-order valence-electron chi connectivity index (χ2n) is 8.95. The molecule has 2 amide bonds. The molecule has 0 spiro atoms. The number of benzene rings is 2. The average molecular weight is 456 g/mol. The molecule has 2 aliphatic heterocycles. The van der Waals surface area contributed by atoms with E-state index in [-0.39, 0.29) is 16.7 Å². The average Bonchev–Trinajstić information content (AvgIpc) is 3.19. The Morgan fingerprint density at radius 2 is 1.72 bits per heavy atom. The molecule has 2 fully saturated rings. The Morgan fingerprint density at radius 1 is 1.03 bits per heavy atom. The molecule has 2 aliphatic rings. The number of hydrogen-bond acceptors (Lipinski definition) is 4. The van der Waals surface area contributed by atoms with Crippen molar-refractivity contribution in [3.8, 4) is 0 Å². The van der Waals surface area contributed by atoms with Crippen molar-refractivity contribution in [2.45, 2.75) is 38.0 Å². The fraction of sp³-hybridized carbons (Fsp3) is 0.417. The van der Waals surface area contributed by atoms with E-state index in [1.165, 1.54) is 12.1 Å². The summed E-state index contributed by atoms with van der Waals surface area (Å²) in [5, 5.41) is 2.81. The van der Waals surface area contributed by atoms with Gasteiger partial charge in [0.15, 0.2) is 0 Å². The van der Waals surface area contributed by atoms with Crippen LogP contribution in [0.15, 0.2) is 53.4 Å². The third kappa shape index (κ3) is 4.71. The van der Waals surface area contributed by atoms with Crippen molar-refractivity contribution in [3.05, 3.63) is 54.1 Å². The molecule has 2 saturated heterocycles. The smallest absolute Gasteiger partial charge is 0.255 e. The van der Waals surface area contributed by atoms with Gasteiger partial charge in [-0.15, -0.1) is 0 Å². The second kappa shape index (κ2) is 9.03. The van der Waals surface area contributed by atoms with E-state index in [0.29, 0.717) is 54.8 Å². The van der Waals surface area contributed by atoms with Crippen LogP contribution in [0.4, 0.5) is 11.4 Å². The zero-order valence-electron chi connectivity index (χ0n) is 18.5. The predicted octanol–water partition coefficient (Wildman–Crippen LogP) is 3.73. The van der Waals surface area contributed by atoms with Crippen LogP contribution in [0.3, 0.4) is 0 Å². The van der Waals surface area contributed by atoms with Crippen molar-refractivity contribution in [2.75, 3.05) is 29.9 Å². The van der Waals surface area contributed by atoms with Crippen molar-refractivity contribution < 1.29 is 18.0 Å². The summed E-state index contributed by atoms with van der Waals surface area (Å²) in [6, 6.07) is 13.3. The quantitative estimate of drug-likeness (QED) is 0.744. The molecule has 0 bridgehead atoms. The Balaban J connectivity index is 1.46. The van der Waals surface area contributed by atoms with Gasteiger partial charge in [0.1, 0.15) is 0 Å². The lowest BCUT2D eigenvalue weighted by molar-refractivity contribution is -0.117. The summed E-state index contributed by atoms with van der Waals surface area (Å²) in [4.78, 5) is 26.6. The minimum absolute atomic E-state index is 0.0665. The van der Waals surface area contributed by atoms with E-state index in [2.05, 4.69) is 19.2 Å². The van der Waals surface area contributed by atoms with Crippen LogP contribution >= 0.6 is 0 Å². The number of sulfonamides is 1. The standard InChI is InChI=1S/C24H29N3O4S/c1-17-13-18(2)16-26(15-17)32(30,31)22-10-8-20(9-11-22)25-24(29)19-5-3-6-21(14-19)27-12-4-7-23(27)28/h3,5-6,8-11,14,17-18H,4,7,12-13,15-16H2,1-2H3,(H,25,29)/t17-,18+. The largest absolute Gasteiger partial charge is 0.322 e. The van der Waals surface area contributed by atoms with Crippen LogP contribution in [0.5, 0.6) is 0 Å². The molecule has 8 heteroatoms. The fourth-order valence-corrected chi connectivity index (χ4v) is 6.28. The molecule has 0 aromatic heterocycles. The highest BCUT2D eigenvalue weighted by molar-refractivity contribution is 7.89. The van der Waals surface area contributed by atoms with E-state index in [0.717, 1.165) is 12.8 Å². The van der Waals surface area contributed by atoms with Gasteiger partial charge in [0.25, 0.3) is 5.91 Å². The first kappa shape index (κ1) is 22.5. The predicted molar refractivity (Wildman–Crippen MR) is 124 cm³/mol. The number of nitrogens with zero attached hydrogens (tertiary/aromatic N) is 2. The molecule has 2 atom stereocenters. The van der Waals surface area contributed by atoms with Crippen LogP contribution in [0.25, 0.3) is 0 Å². The van der Waals surface area contributed by atoms with Crippen LogP contribution in [0.2, 0.25) is 0 Å². The summed E-state index contributed by atoms with van der Waals surface area (Å²) < 4.78 is 27.6. The van der Waals surface area contributed by atoms with Gasteiger partial charge in [-0.2, -0.15) is 4.31 Å². The van der Waals surface area contributed by atoms with Crippen molar-refractivity contribution in [2.24, 2.45) is 11.8 Å². The van der Waals surface area contributed by atoms with E-state index < -0.39 is 10.0 Å². The van der Waals surface area contributed by atoms with Crippen molar-refractivity contribution >= 4 is 33.2 Å². The Kier molecular flexibility index (Phi) is 6.35. The number of rotatable bonds is 5. The third-order valence-corrected chi connectivity index (χ3v) is 7.92. The second-order valence-corrected chi connectivity index (χ2v) is 10.9. The summed E-state index contributed by atoms with van der Waals surface area (Å²) in [7, 11) is -3.56. The molecule has 0 unspecified atom stereocenters. The summed E-state index contributed by atoms with van der Waals surface area (Å²) >= 11 is 0. The van der Waals surface area contributed by atoms with Gasteiger partial charge in [-0.25, -0.2) is 8.42 Å². The van der Waals surface area contributed by atoms with E-state index in [1.807, 2.05) is 6.07 Å². The first-order valence-electron chi connectivity index (χ1n) is 11.1. The highest BCUT2D eigenvalue weighted by atomic mass is 32.2. The Labute approximate surface area is 189 Å². The fourth-order valence-electron chi connectivity index (χ4n) is 4.60. The monoisotopic (exact) mass is 455 g/mol. The number of anilines is 2. The molecule has 7 nitrogen and oxygen atoms in total. The van der Waals surface area contributed by atoms with Crippen molar-refractivity contribution in [1.82, 2.24) is 4.31 Å². The highest BCUT2D eigenvalue weighted by Gasteiger charge is 2.31. The first-order valence-corrected chi connectivity index (χ1v) is 12.5. The van der Waals surface area contributed by atoms with Crippen molar-refractivity contribution in [1.29, 1.82) is 0 Å². The normalized spacial score (nSPS) is 22.2. The topological polar surface area (TPSA) is 86.8 Å². The highest BCUT2D eigenvalue weighted by Crippen LogP contribution is 2.27. The lowest BCUT2D eigenvalue weighted by Crippen LogP contribution is -2.42. The number of carbonyl (C=O) groups is 2. The molecule has 2 heterocycles. The number of hydrogen-bond donors (Lipinski definition) is 1. The number of carbonyl (C=O) groups excluding carboxylic acids is 2. The Bertz CT molecular complexity index is 1100. The molecule has 1 N–H and O–H groups in total. The van der Waals surface area contributed by atoms with Gasteiger partial charge in [0, 0.05) is 43.0 Å². The van der Waals surface area contributed by atoms with E-state index in [9.17, 15) is 18.0 Å². The van der Waals surface area contributed by atoms with Gasteiger partial charge in [0.2, 0.25) is 15.9 Å². The molecule has 0 saturated carbocycles. The van der Waals surface area contributed by atoms with Gasteiger partial charge in [-0.05, 0) is 67.1 Å². The van der Waals surface area contributed by atoms with Gasteiger partial charge < -0.3 is 10.2 Å². The van der Waals surface area contributed by atoms with Crippen LogP contribution < -0.4 is 10.2 Å². The minimum Gasteiger partial charge on any atom is -0.322 e. The molecule has 2 aromatic rings. The van der Waals surface area contributed by atoms with Crippen LogP contribution in [-0.2, 0) is 14.8 Å². The summed E-state index contributed by atoms with van der Waals surface area (Å²) in [5.41, 5.74) is 1.67. The van der Waals surface area contributed by atoms with Gasteiger partial charge >= 0.3 is 0 Å². The zero-order valence-corrected chi connectivity index (χ0v) is 19.3. The van der Waals surface area contributed by atoms with Crippen LogP contribution in [0.1, 0.15) is 43.5 Å². The molecule has 4 rings (SSSR count). The van der Waals surface area contributed by atoms with Gasteiger partial charge in [0.05, 0.1) is 4.90 Å². The molecule has 170 valence electrons. The number of nitrogens with one attached hydrogen (secondary N) is 1. The lowest BCUT2D eigenvalue weighted by Gasteiger charge is -2.34. The van der Waals surface area contributed by atoms with Crippen molar-refractivity contribution in [3.63, 3.8) is 0 Å². The minimum atomic E-state index is -3.56. The SMILES string of the molecule is C[C@@H]1C[C@H](C)CN(S(=O)(=O)c2ccc(NC(=O)c3cccc(N4CCCC4=O)c3)cc2)C1. The number of amides is 2. The molecule has 0 radical (unpaired) electrons. The molecular weight excluding hydrogens is 426 g/mol. The van der Waals surface area contributed by atoms with E-state index >= 15 is 0 Å². The summed E-state index contributed by atoms with van der Waals surface area (Å²) in [6.45, 7) is 5.87. The Morgan fingerprint density at radius 3 is 2.34 bits per heavy atom. The van der Waals surface area contributed by atoms with Crippen LogP contribution in [-0.4, -0.2) is 44.2 Å².